The van der Waals surface area contributed by atoms with Gasteiger partial charge >= 0.3 is 0 Å². The van der Waals surface area contributed by atoms with E-state index in [1.54, 1.807) is 19.3 Å². The summed E-state index contributed by atoms with van der Waals surface area (Å²) in [6.45, 7) is 7.86. The molecule has 0 saturated carbocycles. The Morgan fingerprint density at radius 2 is 2.10 bits per heavy atom. The third kappa shape index (κ3) is 3.17. The van der Waals surface area contributed by atoms with Gasteiger partial charge in [0.1, 0.15) is 0 Å². The molecule has 0 N–H and O–H groups in total. The topological polar surface area (TPSA) is 24.7 Å². The van der Waals surface area contributed by atoms with E-state index in [1.807, 2.05) is 0 Å². The average Bonchev–Trinajstić information content (AvgIpc) is 1.89. The van der Waals surface area contributed by atoms with E-state index in [0.29, 0.717) is 5.92 Å². The van der Waals surface area contributed by atoms with Gasteiger partial charge in [0.2, 0.25) is 0 Å². The summed E-state index contributed by atoms with van der Waals surface area (Å²) in [5.41, 5.74) is 1.12. The summed E-state index contributed by atoms with van der Waals surface area (Å²) >= 11 is 0. The lowest BCUT2D eigenvalue weighted by Crippen LogP contribution is -1.88. The van der Waals surface area contributed by atoms with Crippen LogP contribution in [0, 0.1) is 5.92 Å². The average molecular weight is 138 g/mol. The first-order valence-electron chi connectivity index (χ1n) is 3.33. The smallest absolute Gasteiger partial charge is 0.0525 e. The maximum Gasteiger partial charge on any atom is 0.0525 e. The Kier molecular flexibility index (Phi) is 4.46. The van der Waals surface area contributed by atoms with Gasteiger partial charge in [-0.15, -0.1) is 0 Å². The quantitative estimate of drug-likeness (QED) is 0.423. The zero-order chi connectivity index (χ0) is 7.98. The molecule has 0 amide bonds. The molecule has 56 valence electrons. The van der Waals surface area contributed by atoms with E-state index in [4.69, 9.17) is 0 Å². The molecule has 2 heteroatoms. The molecule has 0 aromatic carbocycles. The minimum Gasteiger partial charge on any atom is -0.193 e. The monoisotopic (exact) mass is 138 g/mol. The van der Waals surface area contributed by atoms with Crippen LogP contribution >= 0.6 is 0 Å². The molecule has 0 aliphatic carbocycles. The van der Waals surface area contributed by atoms with E-state index < -0.39 is 0 Å². The van der Waals surface area contributed by atoms with Gasteiger partial charge < -0.3 is 0 Å². The van der Waals surface area contributed by atoms with E-state index >= 15 is 0 Å². The van der Waals surface area contributed by atoms with Gasteiger partial charge in [0.05, 0.1) is 6.20 Å². The molecule has 0 aliphatic rings. The standard InChI is InChI=1S/C8H14N2/c1-5-8(7(2)3)6-10-9-4/h5-7H,1H2,2-4H3/b8-6+,10-9?. The molecule has 0 unspecified atom stereocenters. The van der Waals surface area contributed by atoms with E-state index in [9.17, 15) is 0 Å². The van der Waals surface area contributed by atoms with Crippen molar-refractivity contribution in [1.29, 1.82) is 0 Å². The van der Waals surface area contributed by atoms with Crippen molar-refractivity contribution >= 4 is 0 Å². The molecule has 0 bridgehead atoms. The molecule has 0 aliphatic heterocycles. The largest absolute Gasteiger partial charge is 0.193 e. The van der Waals surface area contributed by atoms with Crippen LogP contribution in [-0.2, 0) is 0 Å². The number of rotatable bonds is 3. The van der Waals surface area contributed by atoms with Crippen LogP contribution < -0.4 is 0 Å². The van der Waals surface area contributed by atoms with Gasteiger partial charge in [0.25, 0.3) is 0 Å². The molecule has 0 aromatic heterocycles. The lowest BCUT2D eigenvalue weighted by Gasteiger charge is -2.01. The van der Waals surface area contributed by atoms with E-state index in [2.05, 4.69) is 30.7 Å². The molecule has 0 atom stereocenters. The van der Waals surface area contributed by atoms with Gasteiger partial charge in [-0.1, -0.05) is 26.5 Å². The number of allylic oxidation sites excluding steroid dienone is 2. The number of nitrogens with zero attached hydrogens (tertiary/aromatic N) is 2. The molecule has 10 heavy (non-hydrogen) atoms. The van der Waals surface area contributed by atoms with Crippen molar-refractivity contribution in [3.8, 4) is 0 Å². The molecule has 0 rings (SSSR count). The number of hydrogen-bond acceptors (Lipinski definition) is 2. The van der Waals surface area contributed by atoms with Crippen molar-refractivity contribution in [3.05, 3.63) is 24.4 Å². The Hall–Kier alpha value is -0.920. The van der Waals surface area contributed by atoms with Crippen molar-refractivity contribution in [1.82, 2.24) is 0 Å². The van der Waals surface area contributed by atoms with Crippen LogP contribution in [0.5, 0.6) is 0 Å². The Morgan fingerprint density at radius 1 is 1.50 bits per heavy atom. The first-order chi connectivity index (χ1) is 4.72. The lowest BCUT2D eigenvalue weighted by atomic mass is 10.1. The Labute approximate surface area is 62.4 Å². The molecular formula is C8H14N2. The third-order valence-electron chi connectivity index (χ3n) is 1.22. The van der Waals surface area contributed by atoms with Crippen LogP contribution in [0.15, 0.2) is 34.7 Å². The Bertz CT molecular complexity index is 155. The number of hydrogen-bond donors (Lipinski definition) is 0. The zero-order valence-corrected chi connectivity index (χ0v) is 6.83. The predicted octanol–water partition coefficient (Wildman–Crippen LogP) is 2.79. The van der Waals surface area contributed by atoms with Gasteiger partial charge in [-0.3, -0.25) is 0 Å². The van der Waals surface area contributed by atoms with Crippen molar-refractivity contribution in [3.63, 3.8) is 0 Å². The van der Waals surface area contributed by atoms with E-state index in [0.717, 1.165) is 5.57 Å². The van der Waals surface area contributed by atoms with Crippen molar-refractivity contribution in [2.75, 3.05) is 7.05 Å². The first kappa shape index (κ1) is 9.08. The van der Waals surface area contributed by atoms with Crippen molar-refractivity contribution in [2.45, 2.75) is 13.8 Å². The summed E-state index contributed by atoms with van der Waals surface area (Å²) < 4.78 is 0. The minimum absolute atomic E-state index is 0.475. The van der Waals surface area contributed by atoms with Crippen LogP contribution in [0.25, 0.3) is 0 Å². The van der Waals surface area contributed by atoms with E-state index in [1.165, 1.54) is 0 Å². The summed E-state index contributed by atoms with van der Waals surface area (Å²) in [5, 5.41) is 7.36. The highest BCUT2D eigenvalue weighted by Gasteiger charge is 1.95. The van der Waals surface area contributed by atoms with Crippen LogP contribution in [-0.4, -0.2) is 7.05 Å². The predicted molar refractivity (Wildman–Crippen MR) is 43.9 cm³/mol. The molecule has 0 spiro atoms. The highest BCUT2D eigenvalue weighted by atomic mass is 15.1. The SMILES string of the molecule is C=C/C(=C\N=NC)C(C)C. The number of azo groups is 1. The summed E-state index contributed by atoms with van der Waals surface area (Å²) in [6.07, 6.45) is 3.54. The molecule has 0 heterocycles. The van der Waals surface area contributed by atoms with Gasteiger partial charge in [-0.2, -0.15) is 10.2 Å². The van der Waals surface area contributed by atoms with Gasteiger partial charge in [0.15, 0.2) is 0 Å². The maximum absolute atomic E-state index is 3.76. The van der Waals surface area contributed by atoms with Gasteiger partial charge in [0, 0.05) is 7.05 Å². The first-order valence-corrected chi connectivity index (χ1v) is 3.33. The third-order valence-corrected chi connectivity index (χ3v) is 1.22. The summed E-state index contributed by atoms with van der Waals surface area (Å²) in [4.78, 5) is 0. The van der Waals surface area contributed by atoms with Crippen molar-refractivity contribution in [2.24, 2.45) is 16.1 Å². The molecule has 0 fully saturated rings. The molecular weight excluding hydrogens is 124 g/mol. The van der Waals surface area contributed by atoms with Crippen LogP contribution in [0.1, 0.15) is 13.8 Å². The Balaban J connectivity index is 4.18. The Morgan fingerprint density at radius 3 is 2.40 bits per heavy atom. The molecule has 0 radical (unpaired) electrons. The zero-order valence-electron chi connectivity index (χ0n) is 6.83. The fraction of sp³-hybridized carbons (Fsp3) is 0.500. The second-order valence-electron chi connectivity index (χ2n) is 2.30. The highest BCUT2D eigenvalue weighted by Crippen LogP contribution is 2.09. The van der Waals surface area contributed by atoms with Crippen LogP contribution in [0.2, 0.25) is 0 Å². The van der Waals surface area contributed by atoms with Crippen LogP contribution in [0.4, 0.5) is 0 Å². The van der Waals surface area contributed by atoms with Crippen LogP contribution in [0.3, 0.4) is 0 Å². The summed E-state index contributed by atoms with van der Waals surface area (Å²) in [7, 11) is 1.65. The highest BCUT2D eigenvalue weighted by molar-refractivity contribution is 5.16. The molecule has 2 nitrogen and oxygen atoms in total. The minimum atomic E-state index is 0.475. The second kappa shape index (κ2) is 4.91. The van der Waals surface area contributed by atoms with Gasteiger partial charge in [-0.05, 0) is 11.5 Å². The normalized spacial score (nSPS) is 13.0. The maximum atomic E-state index is 3.76. The summed E-state index contributed by atoms with van der Waals surface area (Å²) in [5.74, 6) is 0.475. The fourth-order valence-electron chi connectivity index (χ4n) is 0.562. The van der Waals surface area contributed by atoms with Gasteiger partial charge in [-0.25, -0.2) is 0 Å². The lowest BCUT2D eigenvalue weighted by molar-refractivity contribution is 0.786. The fourth-order valence-corrected chi connectivity index (χ4v) is 0.562. The molecule has 0 aromatic rings. The second-order valence-corrected chi connectivity index (χ2v) is 2.30. The van der Waals surface area contributed by atoms with Crippen molar-refractivity contribution < 1.29 is 0 Å². The molecule has 0 saturated heterocycles. The summed E-state index contributed by atoms with van der Waals surface area (Å²) in [6, 6.07) is 0. The van der Waals surface area contributed by atoms with E-state index in [-0.39, 0.29) is 0 Å².